The number of amides is 3. The second-order valence-corrected chi connectivity index (χ2v) is 10.5. The zero-order chi connectivity index (χ0) is 24.2. The first-order valence-electron chi connectivity index (χ1n) is 10.7. The number of ether oxygens (including phenoxy) is 2. The summed E-state index contributed by atoms with van der Waals surface area (Å²) in [6.45, 7) is 8.69. The number of carbonyl (C=O) groups excluding carboxylic acids is 2. The van der Waals surface area contributed by atoms with Gasteiger partial charge < -0.3 is 29.9 Å². The number of anilines is 2. The highest BCUT2D eigenvalue weighted by Gasteiger charge is 2.28. The van der Waals surface area contributed by atoms with Crippen molar-refractivity contribution in [2.45, 2.75) is 31.3 Å². The Balaban J connectivity index is 1.55. The van der Waals surface area contributed by atoms with Crippen LogP contribution in [0.5, 0.6) is 0 Å². The second kappa shape index (κ2) is 10.0. The maximum atomic E-state index is 12.7. The van der Waals surface area contributed by atoms with Crippen LogP contribution in [0.15, 0.2) is 23.1 Å². The number of carbonyl (C=O) groups is 2. The second-order valence-electron chi connectivity index (χ2n) is 8.81. The summed E-state index contributed by atoms with van der Waals surface area (Å²) >= 11 is 0. The lowest BCUT2D eigenvalue weighted by atomic mass is 10.2. The third-order valence-electron chi connectivity index (χ3n) is 5.17. The van der Waals surface area contributed by atoms with Crippen LogP contribution in [0, 0.1) is 0 Å². The van der Waals surface area contributed by atoms with E-state index in [4.69, 9.17) is 15.2 Å². The fraction of sp³-hybridized carbons (Fsp3) is 0.600. The van der Waals surface area contributed by atoms with Gasteiger partial charge in [0.25, 0.3) is 10.0 Å². The van der Waals surface area contributed by atoms with Crippen molar-refractivity contribution in [1.82, 2.24) is 20.1 Å². The summed E-state index contributed by atoms with van der Waals surface area (Å²) in [6.07, 6.45) is -0.442. The molecule has 1 aromatic rings. The van der Waals surface area contributed by atoms with Crippen LogP contribution in [-0.4, -0.2) is 88.4 Å². The Morgan fingerprint density at radius 3 is 2.24 bits per heavy atom. The van der Waals surface area contributed by atoms with Crippen molar-refractivity contribution in [3.8, 4) is 0 Å². The van der Waals surface area contributed by atoms with Gasteiger partial charge in [-0.25, -0.2) is 18.0 Å². The minimum atomic E-state index is -4.02. The predicted molar refractivity (Wildman–Crippen MR) is 122 cm³/mol. The number of nitrogens with two attached hydrogens (primary N) is 1. The fourth-order valence-corrected chi connectivity index (χ4v) is 4.29. The first-order valence-corrected chi connectivity index (χ1v) is 12.2. The minimum Gasteiger partial charge on any atom is -0.444 e. The molecule has 0 bridgehead atoms. The Morgan fingerprint density at radius 2 is 1.64 bits per heavy atom. The van der Waals surface area contributed by atoms with E-state index in [0.717, 1.165) is 0 Å². The zero-order valence-electron chi connectivity index (χ0n) is 19.2. The molecule has 13 heteroatoms. The monoisotopic (exact) mass is 484 g/mol. The van der Waals surface area contributed by atoms with Gasteiger partial charge in [-0.05, 0) is 39.0 Å². The van der Waals surface area contributed by atoms with E-state index >= 15 is 0 Å². The molecule has 1 aromatic carbocycles. The maximum absolute atomic E-state index is 12.7. The number of piperazine rings is 1. The largest absolute Gasteiger partial charge is 0.444 e. The summed E-state index contributed by atoms with van der Waals surface area (Å²) in [5.41, 5.74) is 8.73. The normalized spacial score (nSPS) is 17.6. The Kier molecular flexibility index (Phi) is 7.55. The van der Waals surface area contributed by atoms with E-state index in [0.29, 0.717) is 37.7 Å². The van der Waals surface area contributed by atoms with E-state index in [-0.39, 0.29) is 31.1 Å². The van der Waals surface area contributed by atoms with Gasteiger partial charge in [-0.2, -0.15) is 0 Å². The standard InChI is InChI=1S/C20H32N6O6S/c1-20(2,3)32-19(28)26-8-6-25(7-9-26)18(27)22-23-33(29,30)15-4-5-16(21)17(14-15)24-10-12-31-13-11-24/h4-5,14,23H,6-13,21H2,1-3H3,(H,22,27). The van der Waals surface area contributed by atoms with E-state index in [9.17, 15) is 18.0 Å². The smallest absolute Gasteiger partial charge is 0.410 e. The molecule has 0 unspecified atom stereocenters. The van der Waals surface area contributed by atoms with Crippen molar-refractivity contribution in [3.05, 3.63) is 18.2 Å². The van der Waals surface area contributed by atoms with Crippen LogP contribution in [0.3, 0.4) is 0 Å². The Morgan fingerprint density at radius 1 is 1.03 bits per heavy atom. The Hall–Kier alpha value is -2.77. The average Bonchev–Trinajstić information content (AvgIpc) is 2.77. The van der Waals surface area contributed by atoms with Crippen molar-refractivity contribution < 1.29 is 27.5 Å². The average molecular weight is 485 g/mol. The van der Waals surface area contributed by atoms with Gasteiger partial charge >= 0.3 is 12.1 Å². The summed E-state index contributed by atoms with van der Waals surface area (Å²) < 4.78 is 36.1. The molecule has 2 aliphatic heterocycles. The first kappa shape index (κ1) is 24.9. The lowest BCUT2D eigenvalue weighted by Crippen LogP contribution is -2.56. The number of nitrogens with one attached hydrogen (secondary N) is 2. The number of rotatable bonds is 4. The predicted octanol–water partition coefficient (Wildman–Crippen LogP) is 0.561. The third kappa shape index (κ3) is 6.62. The van der Waals surface area contributed by atoms with Crippen LogP contribution in [-0.2, 0) is 19.5 Å². The number of nitrogens with zero attached hydrogens (tertiary/aromatic N) is 3. The molecule has 3 amide bonds. The molecule has 2 saturated heterocycles. The minimum absolute atomic E-state index is 0.0202. The summed E-state index contributed by atoms with van der Waals surface area (Å²) in [4.78, 5) is 31.6. The molecule has 0 radical (unpaired) electrons. The first-order chi connectivity index (χ1) is 15.5. The fourth-order valence-electron chi connectivity index (χ4n) is 3.44. The Bertz CT molecular complexity index is 966. The van der Waals surface area contributed by atoms with Crippen LogP contribution in [0.1, 0.15) is 20.8 Å². The van der Waals surface area contributed by atoms with Gasteiger partial charge in [-0.15, -0.1) is 4.83 Å². The molecule has 2 heterocycles. The van der Waals surface area contributed by atoms with Crippen LogP contribution < -0.4 is 20.9 Å². The third-order valence-corrected chi connectivity index (χ3v) is 6.42. The molecule has 0 atom stereocenters. The van der Waals surface area contributed by atoms with Crippen LogP contribution >= 0.6 is 0 Å². The summed E-state index contributed by atoms with van der Waals surface area (Å²) in [7, 11) is -4.02. The molecule has 184 valence electrons. The van der Waals surface area contributed by atoms with Gasteiger partial charge in [0.05, 0.1) is 29.5 Å². The lowest BCUT2D eigenvalue weighted by molar-refractivity contribution is 0.0169. The number of benzene rings is 1. The molecule has 12 nitrogen and oxygen atoms in total. The van der Waals surface area contributed by atoms with Gasteiger partial charge in [0.15, 0.2) is 0 Å². The van der Waals surface area contributed by atoms with E-state index in [1.54, 1.807) is 20.8 Å². The quantitative estimate of drug-likeness (QED) is 0.415. The Labute approximate surface area is 194 Å². The molecule has 33 heavy (non-hydrogen) atoms. The summed E-state index contributed by atoms with van der Waals surface area (Å²) in [6, 6.07) is 3.78. The number of urea groups is 1. The highest BCUT2D eigenvalue weighted by molar-refractivity contribution is 7.89. The molecule has 0 saturated carbocycles. The van der Waals surface area contributed by atoms with Crippen LogP contribution in [0.25, 0.3) is 0 Å². The molecular formula is C20H32N6O6S. The van der Waals surface area contributed by atoms with E-state index in [2.05, 4.69) is 10.3 Å². The molecule has 2 aliphatic rings. The molecule has 4 N–H and O–H groups in total. The van der Waals surface area contributed by atoms with Gasteiger partial charge in [-0.1, -0.05) is 0 Å². The van der Waals surface area contributed by atoms with Crippen molar-refractivity contribution >= 4 is 33.5 Å². The SMILES string of the molecule is CC(C)(C)OC(=O)N1CCN(C(=O)NNS(=O)(=O)c2ccc(N)c(N3CCOCC3)c2)CC1. The van der Waals surface area contributed by atoms with Gasteiger partial charge in [0.2, 0.25) is 0 Å². The van der Waals surface area contributed by atoms with Crippen LogP contribution in [0.2, 0.25) is 0 Å². The summed E-state index contributed by atoms with van der Waals surface area (Å²) in [5, 5.41) is 0. The maximum Gasteiger partial charge on any atom is 0.410 e. The van der Waals surface area contributed by atoms with Crippen molar-refractivity contribution in [2.75, 3.05) is 63.1 Å². The van der Waals surface area contributed by atoms with Gasteiger partial charge in [0, 0.05) is 39.3 Å². The number of nitrogen functional groups attached to an aromatic ring is 1. The molecular weight excluding hydrogens is 452 g/mol. The number of morpholine rings is 1. The van der Waals surface area contributed by atoms with Crippen LogP contribution in [0.4, 0.5) is 21.0 Å². The molecule has 3 rings (SSSR count). The number of hydrogen-bond acceptors (Lipinski definition) is 8. The molecule has 0 aliphatic carbocycles. The van der Waals surface area contributed by atoms with E-state index in [1.165, 1.54) is 28.0 Å². The lowest BCUT2D eigenvalue weighted by Gasteiger charge is -2.35. The topological polar surface area (TPSA) is 147 Å². The number of hydrazine groups is 1. The van der Waals surface area contributed by atoms with Gasteiger partial charge in [-0.3, -0.25) is 5.43 Å². The van der Waals surface area contributed by atoms with Gasteiger partial charge in [0.1, 0.15) is 5.60 Å². The van der Waals surface area contributed by atoms with E-state index < -0.39 is 27.7 Å². The van der Waals surface area contributed by atoms with E-state index in [1.807, 2.05) is 4.90 Å². The molecule has 2 fully saturated rings. The van der Waals surface area contributed by atoms with Crippen molar-refractivity contribution in [1.29, 1.82) is 0 Å². The number of sulfonamides is 1. The highest BCUT2D eigenvalue weighted by atomic mass is 32.2. The highest BCUT2D eigenvalue weighted by Crippen LogP contribution is 2.27. The number of hydrogen-bond donors (Lipinski definition) is 3. The molecule has 0 aromatic heterocycles. The zero-order valence-corrected chi connectivity index (χ0v) is 20.0. The molecule has 0 spiro atoms. The van der Waals surface area contributed by atoms with Crippen molar-refractivity contribution in [3.63, 3.8) is 0 Å². The van der Waals surface area contributed by atoms with Crippen molar-refractivity contribution in [2.24, 2.45) is 0 Å². The summed E-state index contributed by atoms with van der Waals surface area (Å²) in [5.74, 6) is 0.